The van der Waals surface area contributed by atoms with Gasteiger partial charge in [0.25, 0.3) is 0 Å². The molecule has 0 bridgehead atoms. The monoisotopic (exact) mass is 276 g/mol. The predicted molar refractivity (Wildman–Crippen MR) is 72.8 cm³/mol. The van der Waals surface area contributed by atoms with Crippen LogP contribution in [0.5, 0.6) is 0 Å². The molecule has 0 amide bonds. The Balaban J connectivity index is 2.83. The number of rotatable bonds is 4. The molecule has 2 aromatic rings. The number of carbonyl (C=O) groups is 1. The third-order valence-electron chi connectivity index (χ3n) is 2.93. The largest absolute Gasteiger partial charge is 0.477 e. The smallest absolute Gasteiger partial charge is 0.341 e. The first-order valence-corrected chi connectivity index (χ1v) is 5.84. The quantitative estimate of drug-likeness (QED) is 0.665. The minimum absolute atomic E-state index is 0.190. The van der Waals surface area contributed by atoms with Crippen LogP contribution in [0.15, 0.2) is 28.4 Å². The normalized spacial score (nSPS) is 10.5. The minimum Gasteiger partial charge on any atom is -0.477 e. The van der Waals surface area contributed by atoms with Gasteiger partial charge in [-0.05, 0) is 19.1 Å². The van der Waals surface area contributed by atoms with Crippen molar-refractivity contribution in [2.75, 3.05) is 12.1 Å². The lowest BCUT2D eigenvalue weighted by Crippen LogP contribution is -2.20. The number of hydrogen-bond acceptors (Lipinski definition) is 5. The van der Waals surface area contributed by atoms with Gasteiger partial charge in [0, 0.05) is 19.8 Å². The molecule has 2 heterocycles. The van der Waals surface area contributed by atoms with Crippen molar-refractivity contribution in [2.45, 2.75) is 13.5 Å². The Morgan fingerprint density at radius 2 is 2.20 bits per heavy atom. The van der Waals surface area contributed by atoms with Gasteiger partial charge in [-0.2, -0.15) is 0 Å². The third-order valence-corrected chi connectivity index (χ3v) is 2.93. The van der Waals surface area contributed by atoms with Gasteiger partial charge in [-0.1, -0.05) is 0 Å². The molecule has 1 N–H and O–H groups in total. The number of carboxylic acid groups (broad SMARTS) is 1. The van der Waals surface area contributed by atoms with Gasteiger partial charge in [0.2, 0.25) is 5.43 Å². The van der Waals surface area contributed by atoms with Gasteiger partial charge in [-0.3, -0.25) is 4.79 Å². The van der Waals surface area contributed by atoms with Crippen LogP contribution < -0.4 is 10.4 Å². The molecule has 0 saturated heterocycles. The van der Waals surface area contributed by atoms with E-state index in [-0.39, 0.29) is 16.8 Å². The van der Waals surface area contributed by atoms with Gasteiger partial charge in [0.05, 0.1) is 10.7 Å². The van der Waals surface area contributed by atoms with Crippen molar-refractivity contribution < 1.29 is 9.90 Å². The highest BCUT2D eigenvalue weighted by Crippen LogP contribution is 2.16. The molecule has 0 spiro atoms. The van der Waals surface area contributed by atoms with Gasteiger partial charge < -0.3 is 9.67 Å². The number of fused-ring (bicyclic) bond motifs is 1. The summed E-state index contributed by atoms with van der Waals surface area (Å²) in [5.74, 6) is -1.01. The second-order valence-electron chi connectivity index (χ2n) is 4.11. The lowest BCUT2D eigenvalue weighted by atomic mass is 10.2. The van der Waals surface area contributed by atoms with Gasteiger partial charge in [-0.15, -0.1) is 4.91 Å². The number of anilines is 1. The first-order valence-electron chi connectivity index (χ1n) is 5.84. The average Bonchev–Trinajstić information content (AvgIpc) is 2.46. The Morgan fingerprint density at radius 3 is 2.75 bits per heavy atom. The molecular weight excluding hydrogens is 264 g/mol. The van der Waals surface area contributed by atoms with Gasteiger partial charge >= 0.3 is 5.97 Å². The zero-order valence-electron chi connectivity index (χ0n) is 10.9. The first kappa shape index (κ1) is 13.7. The second-order valence-corrected chi connectivity index (χ2v) is 4.11. The SMILES string of the molecule is CCn1cc(C(=O)O)c(=O)c2ccc(N(C)N=O)nc21. The molecule has 0 aliphatic rings. The number of nitroso groups, excluding NO2 is 1. The molecule has 0 aliphatic carbocycles. The maximum absolute atomic E-state index is 12.1. The summed E-state index contributed by atoms with van der Waals surface area (Å²) in [6, 6.07) is 2.89. The number of hydrogen-bond donors (Lipinski definition) is 1. The third kappa shape index (κ3) is 2.11. The molecule has 0 aromatic carbocycles. The Kier molecular flexibility index (Phi) is 3.47. The zero-order chi connectivity index (χ0) is 14.9. The van der Waals surface area contributed by atoms with E-state index in [2.05, 4.69) is 10.3 Å². The Hall–Kier alpha value is -2.77. The van der Waals surface area contributed by atoms with E-state index in [1.807, 2.05) is 0 Å². The molecule has 8 heteroatoms. The molecule has 2 aromatic heterocycles. The number of nitrogens with zero attached hydrogens (tertiary/aromatic N) is 4. The van der Waals surface area contributed by atoms with Crippen LogP contribution in [0.25, 0.3) is 11.0 Å². The maximum atomic E-state index is 12.1. The van der Waals surface area contributed by atoms with E-state index in [0.717, 1.165) is 5.01 Å². The van der Waals surface area contributed by atoms with Crippen LogP contribution in [0, 0.1) is 4.91 Å². The van der Waals surface area contributed by atoms with Crippen molar-refractivity contribution in [3.63, 3.8) is 0 Å². The van der Waals surface area contributed by atoms with Crippen molar-refractivity contribution in [1.29, 1.82) is 0 Å². The van der Waals surface area contributed by atoms with Gasteiger partial charge in [-0.25, -0.2) is 14.8 Å². The summed E-state index contributed by atoms with van der Waals surface area (Å²) >= 11 is 0. The topological polar surface area (TPSA) is 105 Å². The summed E-state index contributed by atoms with van der Waals surface area (Å²) in [5, 5.41) is 13.0. The minimum atomic E-state index is -1.28. The summed E-state index contributed by atoms with van der Waals surface area (Å²) < 4.78 is 1.54. The highest BCUT2D eigenvalue weighted by Gasteiger charge is 2.16. The van der Waals surface area contributed by atoms with E-state index >= 15 is 0 Å². The van der Waals surface area contributed by atoms with E-state index in [1.54, 1.807) is 11.5 Å². The fourth-order valence-electron chi connectivity index (χ4n) is 1.87. The number of aryl methyl sites for hydroxylation is 1. The number of aromatic nitrogens is 2. The lowest BCUT2D eigenvalue weighted by molar-refractivity contribution is 0.0695. The van der Waals surface area contributed by atoms with E-state index in [9.17, 15) is 14.5 Å². The van der Waals surface area contributed by atoms with Crippen molar-refractivity contribution in [1.82, 2.24) is 9.55 Å². The van der Waals surface area contributed by atoms with Crippen molar-refractivity contribution in [2.24, 2.45) is 5.29 Å². The molecule has 0 atom stereocenters. The molecule has 0 aliphatic heterocycles. The lowest BCUT2D eigenvalue weighted by Gasteiger charge is -2.12. The van der Waals surface area contributed by atoms with Crippen LogP contribution in [-0.2, 0) is 6.54 Å². The standard InChI is InChI=1S/C12H12N4O4/c1-3-16-6-8(12(18)19)10(17)7-4-5-9(13-11(7)16)15(2)14-20/h4-6H,3H2,1-2H3,(H,18,19). The van der Waals surface area contributed by atoms with Gasteiger partial charge in [0.1, 0.15) is 11.2 Å². The highest BCUT2D eigenvalue weighted by atomic mass is 16.4. The number of pyridine rings is 2. The number of carboxylic acids is 1. The average molecular weight is 276 g/mol. The van der Waals surface area contributed by atoms with Crippen LogP contribution in [-0.4, -0.2) is 27.7 Å². The van der Waals surface area contributed by atoms with Crippen LogP contribution >= 0.6 is 0 Å². The first-order chi connectivity index (χ1) is 9.49. The summed E-state index contributed by atoms with van der Waals surface area (Å²) in [5.41, 5.74) is -0.593. The molecule has 2 rings (SSSR count). The van der Waals surface area contributed by atoms with E-state index in [4.69, 9.17) is 5.11 Å². The van der Waals surface area contributed by atoms with Crippen molar-refractivity contribution in [3.8, 4) is 0 Å². The van der Waals surface area contributed by atoms with Crippen molar-refractivity contribution >= 4 is 22.8 Å². The fourth-order valence-corrected chi connectivity index (χ4v) is 1.87. The predicted octanol–water partition coefficient (Wildman–Crippen LogP) is 1.23. The van der Waals surface area contributed by atoms with Crippen LogP contribution in [0.4, 0.5) is 5.82 Å². The summed E-state index contributed by atoms with van der Waals surface area (Å²) in [6.07, 6.45) is 1.25. The second kappa shape index (κ2) is 5.08. The van der Waals surface area contributed by atoms with Crippen LogP contribution in [0.3, 0.4) is 0 Å². The highest BCUT2D eigenvalue weighted by molar-refractivity contribution is 5.92. The number of aromatic carboxylic acids is 1. The molecule has 104 valence electrons. The Labute approximate surface area is 113 Å². The summed E-state index contributed by atoms with van der Waals surface area (Å²) in [6.45, 7) is 2.23. The summed E-state index contributed by atoms with van der Waals surface area (Å²) in [7, 11) is 1.43. The Bertz CT molecular complexity index is 753. The molecule has 0 radical (unpaired) electrons. The molecule has 8 nitrogen and oxygen atoms in total. The van der Waals surface area contributed by atoms with Gasteiger partial charge in [0.15, 0.2) is 5.82 Å². The molecular formula is C12H12N4O4. The van der Waals surface area contributed by atoms with E-state index in [0.29, 0.717) is 12.2 Å². The van der Waals surface area contributed by atoms with Crippen molar-refractivity contribution in [3.05, 3.63) is 39.0 Å². The maximum Gasteiger partial charge on any atom is 0.341 e. The molecule has 20 heavy (non-hydrogen) atoms. The molecule has 0 unspecified atom stereocenters. The van der Waals surface area contributed by atoms with E-state index in [1.165, 1.54) is 25.4 Å². The summed E-state index contributed by atoms with van der Waals surface area (Å²) in [4.78, 5) is 37.8. The van der Waals surface area contributed by atoms with E-state index < -0.39 is 11.4 Å². The fraction of sp³-hybridized carbons (Fsp3) is 0.250. The van der Waals surface area contributed by atoms with Crippen LogP contribution in [0.2, 0.25) is 0 Å². The Morgan fingerprint density at radius 1 is 1.50 bits per heavy atom. The molecule has 0 fully saturated rings. The molecule has 0 saturated carbocycles. The van der Waals surface area contributed by atoms with Crippen LogP contribution in [0.1, 0.15) is 17.3 Å². The zero-order valence-corrected chi connectivity index (χ0v) is 10.9.